The first kappa shape index (κ1) is 26.5. The highest BCUT2D eigenvalue weighted by molar-refractivity contribution is 5.68. The molecule has 1 unspecified atom stereocenters. The van der Waals surface area contributed by atoms with Crippen LogP contribution < -0.4 is 10.6 Å². The summed E-state index contributed by atoms with van der Waals surface area (Å²) >= 11 is 0. The Morgan fingerprint density at radius 3 is 1.79 bits per heavy atom. The van der Waals surface area contributed by atoms with Gasteiger partial charge in [0.05, 0.1) is 0 Å². The van der Waals surface area contributed by atoms with E-state index in [1.807, 2.05) is 41.5 Å². The van der Waals surface area contributed by atoms with Crippen LogP contribution in [0.15, 0.2) is 0 Å². The molecule has 0 radical (unpaired) electrons. The van der Waals surface area contributed by atoms with E-state index in [9.17, 15) is 9.59 Å². The maximum absolute atomic E-state index is 12.1. The first-order valence-electron chi connectivity index (χ1n) is 10.9. The molecule has 0 heterocycles. The van der Waals surface area contributed by atoms with E-state index < -0.39 is 11.2 Å². The number of unbranched alkanes of at least 4 members (excludes halogenated alkanes) is 5. The highest BCUT2D eigenvalue weighted by Gasteiger charge is 2.19. The molecule has 0 rings (SSSR count). The fourth-order valence-electron chi connectivity index (χ4n) is 2.78. The van der Waals surface area contributed by atoms with Crippen molar-refractivity contribution in [2.45, 2.75) is 123 Å². The van der Waals surface area contributed by atoms with Gasteiger partial charge in [-0.05, 0) is 67.2 Å². The molecular formula is C22H44N2O4. The molecule has 2 amide bonds. The molecule has 0 aromatic heterocycles. The van der Waals surface area contributed by atoms with E-state index in [4.69, 9.17) is 9.47 Å². The molecular weight excluding hydrogens is 356 g/mol. The number of hydrogen-bond acceptors (Lipinski definition) is 4. The second-order valence-corrected chi connectivity index (χ2v) is 9.47. The Labute approximate surface area is 172 Å². The number of alkyl carbamates (subject to hydrolysis) is 2. The minimum absolute atomic E-state index is 0.109. The summed E-state index contributed by atoms with van der Waals surface area (Å²) < 4.78 is 10.6. The van der Waals surface area contributed by atoms with Gasteiger partial charge in [-0.1, -0.05) is 39.0 Å². The molecule has 166 valence electrons. The predicted molar refractivity (Wildman–Crippen MR) is 115 cm³/mol. The highest BCUT2D eigenvalue weighted by Crippen LogP contribution is 2.14. The molecule has 6 nitrogen and oxygen atoms in total. The van der Waals surface area contributed by atoms with E-state index in [2.05, 4.69) is 17.6 Å². The maximum Gasteiger partial charge on any atom is 0.407 e. The summed E-state index contributed by atoms with van der Waals surface area (Å²) in [6.45, 7) is 13.9. The molecule has 0 aromatic rings. The topological polar surface area (TPSA) is 76.7 Å². The number of amides is 2. The van der Waals surface area contributed by atoms with Crippen molar-refractivity contribution >= 4 is 12.2 Å². The summed E-state index contributed by atoms with van der Waals surface area (Å²) in [5, 5.41) is 5.80. The summed E-state index contributed by atoms with van der Waals surface area (Å²) in [5.41, 5.74) is -0.975. The number of rotatable bonds is 12. The van der Waals surface area contributed by atoms with Crippen molar-refractivity contribution in [3.05, 3.63) is 0 Å². The Balaban J connectivity index is 4.24. The van der Waals surface area contributed by atoms with Crippen molar-refractivity contribution in [2.75, 3.05) is 6.54 Å². The lowest BCUT2D eigenvalue weighted by atomic mass is 10.0. The van der Waals surface area contributed by atoms with Crippen molar-refractivity contribution in [1.82, 2.24) is 10.6 Å². The third-order valence-electron chi connectivity index (χ3n) is 4.02. The summed E-state index contributed by atoms with van der Waals surface area (Å²) in [5.74, 6) is 0. The molecule has 0 spiro atoms. The number of carbonyl (C=O) groups excluding carboxylic acids is 2. The minimum atomic E-state index is -0.493. The second-order valence-electron chi connectivity index (χ2n) is 9.47. The molecule has 0 fully saturated rings. The van der Waals surface area contributed by atoms with Crippen LogP contribution in [0.3, 0.4) is 0 Å². The molecule has 0 aromatic carbocycles. The lowest BCUT2D eigenvalue weighted by molar-refractivity contribution is 0.0496. The third-order valence-corrected chi connectivity index (χ3v) is 4.02. The lowest BCUT2D eigenvalue weighted by Gasteiger charge is -2.24. The van der Waals surface area contributed by atoms with Gasteiger partial charge in [-0.25, -0.2) is 9.59 Å². The first-order valence-corrected chi connectivity index (χ1v) is 10.9. The van der Waals surface area contributed by atoms with Crippen molar-refractivity contribution in [3.63, 3.8) is 0 Å². The summed E-state index contributed by atoms with van der Waals surface area (Å²) in [4.78, 5) is 23.8. The number of nitrogens with one attached hydrogen (secondary N) is 2. The fourth-order valence-corrected chi connectivity index (χ4v) is 2.78. The van der Waals surface area contributed by atoms with Crippen molar-refractivity contribution in [1.29, 1.82) is 0 Å². The Hall–Kier alpha value is -1.46. The zero-order valence-electron chi connectivity index (χ0n) is 19.3. The van der Waals surface area contributed by atoms with Crippen molar-refractivity contribution in [2.24, 2.45) is 0 Å². The molecule has 0 aliphatic heterocycles. The highest BCUT2D eigenvalue weighted by atomic mass is 16.6. The summed E-state index contributed by atoms with van der Waals surface area (Å²) in [6, 6.07) is 0.109. The smallest absolute Gasteiger partial charge is 0.407 e. The van der Waals surface area contributed by atoms with E-state index in [1.54, 1.807) is 0 Å². The van der Waals surface area contributed by atoms with E-state index in [1.165, 1.54) is 25.7 Å². The van der Waals surface area contributed by atoms with Crippen molar-refractivity contribution in [3.8, 4) is 0 Å². The standard InChI is InChI=1S/C22H44N2O4/c1-8-9-10-11-12-15-18(24-20(26)28-22(5,6)7)16-13-14-17-23-19(25)27-21(2,3)4/h18H,8-17H2,1-7H3,(H,23,25)(H,24,26). The molecule has 0 bridgehead atoms. The van der Waals surface area contributed by atoms with E-state index in [0.717, 1.165) is 32.1 Å². The van der Waals surface area contributed by atoms with Gasteiger partial charge in [0.2, 0.25) is 0 Å². The Morgan fingerprint density at radius 2 is 1.25 bits per heavy atom. The number of ether oxygens (including phenoxy) is 2. The SMILES string of the molecule is CCCCCCCC(CCCCNC(=O)OC(C)(C)C)NC(=O)OC(C)(C)C. The van der Waals surface area contributed by atoms with Crippen molar-refractivity contribution < 1.29 is 19.1 Å². The molecule has 2 N–H and O–H groups in total. The predicted octanol–water partition coefficient (Wildman–Crippen LogP) is 5.94. The van der Waals surface area contributed by atoms with Crippen LogP contribution in [-0.4, -0.2) is 36.0 Å². The Kier molecular flexibility index (Phi) is 13.0. The average Bonchev–Trinajstić information content (AvgIpc) is 2.50. The Morgan fingerprint density at radius 1 is 0.750 bits per heavy atom. The monoisotopic (exact) mass is 400 g/mol. The third kappa shape index (κ3) is 17.9. The lowest BCUT2D eigenvalue weighted by Crippen LogP contribution is -2.39. The second kappa shape index (κ2) is 13.7. The minimum Gasteiger partial charge on any atom is -0.444 e. The van der Waals surface area contributed by atoms with Gasteiger partial charge in [0.15, 0.2) is 0 Å². The van der Waals surface area contributed by atoms with Gasteiger partial charge in [-0.15, -0.1) is 0 Å². The van der Waals surface area contributed by atoms with Crippen LogP contribution in [0, 0.1) is 0 Å². The zero-order chi connectivity index (χ0) is 21.6. The van der Waals surface area contributed by atoms with Gasteiger partial charge >= 0.3 is 12.2 Å². The number of hydrogen-bond donors (Lipinski definition) is 2. The average molecular weight is 401 g/mol. The first-order chi connectivity index (χ1) is 12.9. The van der Waals surface area contributed by atoms with E-state index in [0.29, 0.717) is 6.54 Å². The van der Waals surface area contributed by atoms with Crippen LogP contribution >= 0.6 is 0 Å². The van der Waals surface area contributed by atoms with Crippen LogP contribution in [0.4, 0.5) is 9.59 Å². The van der Waals surface area contributed by atoms with E-state index in [-0.39, 0.29) is 18.2 Å². The van der Waals surface area contributed by atoms with Gasteiger partial charge in [0.1, 0.15) is 11.2 Å². The van der Waals surface area contributed by atoms with Gasteiger partial charge < -0.3 is 20.1 Å². The fraction of sp³-hybridized carbons (Fsp3) is 0.909. The molecule has 1 atom stereocenters. The van der Waals surface area contributed by atoms with Gasteiger partial charge in [-0.3, -0.25) is 0 Å². The van der Waals surface area contributed by atoms with Crippen LogP contribution in [-0.2, 0) is 9.47 Å². The zero-order valence-corrected chi connectivity index (χ0v) is 19.3. The number of carbonyl (C=O) groups is 2. The molecule has 0 aliphatic carbocycles. The van der Waals surface area contributed by atoms with Crippen LogP contribution in [0.25, 0.3) is 0 Å². The largest absolute Gasteiger partial charge is 0.444 e. The van der Waals surface area contributed by atoms with Crippen LogP contribution in [0.1, 0.15) is 106 Å². The summed E-state index contributed by atoms with van der Waals surface area (Å²) in [6.07, 6.45) is 8.92. The maximum atomic E-state index is 12.1. The van der Waals surface area contributed by atoms with Gasteiger partial charge in [0.25, 0.3) is 0 Å². The van der Waals surface area contributed by atoms with E-state index >= 15 is 0 Å². The molecule has 0 aliphatic rings. The van der Waals surface area contributed by atoms with Crippen LogP contribution in [0.2, 0.25) is 0 Å². The molecule has 0 saturated carbocycles. The normalized spacial score (nSPS) is 13.0. The summed E-state index contributed by atoms with van der Waals surface area (Å²) in [7, 11) is 0. The van der Waals surface area contributed by atoms with Gasteiger partial charge in [0, 0.05) is 12.6 Å². The van der Waals surface area contributed by atoms with Gasteiger partial charge in [-0.2, -0.15) is 0 Å². The quantitative estimate of drug-likeness (QED) is 0.398. The van der Waals surface area contributed by atoms with Crippen LogP contribution in [0.5, 0.6) is 0 Å². The molecule has 28 heavy (non-hydrogen) atoms. The molecule has 0 saturated heterocycles. The molecule has 6 heteroatoms. The Bertz CT molecular complexity index is 439.